The van der Waals surface area contributed by atoms with Gasteiger partial charge >= 0.3 is 6.01 Å². The molecule has 0 aliphatic heterocycles. The van der Waals surface area contributed by atoms with Gasteiger partial charge in [-0.1, -0.05) is 30.3 Å². The van der Waals surface area contributed by atoms with Crippen molar-refractivity contribution >= 4 is 26.7 Å². The number of ether oxygens (including phenoxy) is 1. The third kappa shape index (κ3) is 2.42. The SMILES string of the molecule is Fc1cnc(Oc2ccc3ccccc3c2Br)nc1. The van der Waals surface area contributed by atoms with Crippen molar-refractivity contribution < 1.29 is 9.13 Å². The van der Waals surface area contributed by atoms with Gasteiger partial charge in [-0.15, -0.1) is 0 Å². The van der Waals surface area contributed by atoms with Gasteiger partial charge < -0.3 is 4.74 Å². The molecule has 0 saturated heterocycles. The molecule has 0 atom stereocenters. The fourth-order valence-electron chi connectivity index (χ4n) is 1.74. The molecule has 0 amide bonds. The molecule has 0 spiro atoms. The van der Waals surface area contributed by atoms with Crippen LogP contribution in [0.5, 0.6) is 11.8 Å². The third-order valence-electron chi connectivity index (χ3n) is 2.63. The van der Waals surface area contributed by atoms with Crippen LogP contribution >= 0.6 is 15.9 Å². The minimum absolute atomic E-state index is 0.109. The lowest BCUT2D eigenvalue weighted by atomic mass is 10.1. The number of aromatic nitrogens is 2. The van der Waals surface area contributed by atoms with Crippen molar-refractivity contribution in [1.82, 2.24) is 9.97 Å². The molecular formula is C14H8BrFN2O. The summed E-state index contributed by atoms with van der Waals surface area (Å²) in [4.78, 5) is 7.53. The van der Waals surface area contributed by atoms with Crippen LogP contribution < -0.4 is 4.74 Å². The van der Waals surface area contributed by atoms with Crippen LogP contribution in [0.3, 0.4) is 0 Å². The molecule has 3 nitrogen and oxygen atoms in total. The van der Waals surface area contributed by atoms with Crippen molar-refractivity contribution in [1.29, 1.82) is 0 Å². The normalized spacial score (nSPS) is 10.6. The maximum absolute atomic E-state index is 12.7. The largest absolute Gasteiger partial charge is 0.423 e. The van der Waals surface area contributed by atoms with E-state index >= 15 is 0 Å². The molecule has 3 aromatic rings. The second kappa shape index (κ2) is 4.93. The molecule has 0 saturated carbocycles. The molecule has 0 bridgehead atoms. The van der Waals surface area contributed by atoms with Crippen molar-refractivity contribution in [2.75, 3.05) is 0 Å². The van der Waals surface area contributed by atoms with E-state index in [1.807, 2.05) is 36.4 Å². The van der Waals surface area contributed by atoms with E-state index in [9.17, 15) is 4.39 Å². The van der Waals surface area contributed by atoms with E-state index in [2.05, 4.69) is 25.9 Å². The van der Waals surface area contributed by atoms with Crippen LogP contribution in [0.15, 0.2) is 53.3 Å². The summed E-state index contributed by atoms with van der Waals surface area (Å²) < 4.78 is 19.1. The molecule has 94 valence electrons. The Hall–Kier alpha value is -2.01. The van der Waals surface area contributed by atoms with Crippen LogP contribution in [0.4, 0.5) is 4.39 Å². The van der Waals surface area contributed by atoms with Crippen molar-refractivity contribution in [2.45, 2.75) is 0 Å². The topological polar surface area (TPSA) is 35.0 Å². The summed E-state index contributed by atoms with van der Waals surface area (Å²) >= 11 is 3.50. The van der Waals surface area contributed by atoms with Crippen LogP contribution in [0.2, 0.25) is 0 Å². The summed E-state index contributed by atoms with van der Waals surface area (Å²) in [5.41, 5.74) is 0. The number of nitrogens with zero attached hydrogens (tertiary/aromatic N) is 2. The van der Waals surface area contributed by atoms with Gasteiger partial charge in [0.05, 0.1) is 16.9 Å². The summed E-state index contributed by atoms with van der Waals surface area (Å²) in [6, 6.07) is 11.8. The van der Waals surface area contributed by atoms with Gasteiger partial charge in [0.25, 0.3) is 0 Å². The number of hydrogen-bond donors (Lipinski definition) is 0. The molecule has 5 heteroatoms. The number of hydrogen-bond acceptors (Lipinski definition) is 3. The lowest BCUT2D eigenvalue weighted by molar-refractivity contribution is 0.434. The molecule has 19 heavy (non-hydrogen) atoms. The summed E-state index contributed by atoms with van der Waals surface area (Å²) in [6.07, 6.45) is 2.13. The number of halogens is 2. The van der Waals surface area contributed by atoms with Crippen LogP contribution in [-0.4, -0.2) is 9.97 Å². The Morgan fingerprint density at radius 1 is 1.00 bits per heavy atom. The van der Waals surface area contributed by atoms with Gasteiger partial charge in [0.2, 0.25) is 0 Å². The van der Waals surface area contributed by atoms with Gasteiger partial charge in [-0.3, -0.25) is 0 Å². The molecular weight excluding hydrogens is 311 g/mol. The predicted molar refractivity (Wildman–Crippen MR) is 73.7 cm³/mol. The van der Waals surface area contributed by atoms with Gasteiger partial charge in [0, 0.05) is 0 Å². The first kappa shape index (κ1) is 12.0. The summed E-state index contributed by atoms with van der Waals surface area (Å²) in [6.45, 7) is 0. The predicted octanol–water partition coefficient (Wildman–Crippen LogP) is 4.32. The molecule has 1 aromatic heterocycles. The smallest absolute Gasteiger partial charge is 0.322 e. The van der Waals surface area contributed by atoms with Gasteiger partial charge in [-0.2, -0.15) is 0 Å². The molecule has 0 unspecified atom stereocenters. The van der Waals surface area contributed by atoms with Gasteiger partial charge in [-0.05, 0) is 32.8 Å². The Kier molecular flexibility index (Phi) is 3.13. The highest BCUT2D eigenvalue weighted by molar-refractivity contribution is 9.10. The lowest BCUT2D eigenvalue weighted by Crippen LogP contribution is -1.93. The highest BCUT2D eigenvalue weighted by Gasteiger charge is 2.08. The second-order valence-electron chi connectivity index (χ2n) is 3.88. The summed E-state index contributed by atoms with van der Waals surface area (Å²) in [5.74, 6) is 0.0928. The van der Waals surface area contributed by atoms with Gasteiger partial charge in [-0.25, -0.2) is 14.4 Å². The number of benzene rings is 2. The standard InChI is InChI=1S/C14H8BrFN2O/c15-13-11-4-2-1-3-9(11)5-6-12(13)19-14-17-7-10(16)8-18-14/h1-8H. The van der Waals surface area contributed by atoms with Crippen LogP contribution in [0.25, 0.3) is 10.8 Å². The summed E-state index contributed by atoms with van der Waals surface area (Å²) in [7, 11) is 0. The maximum atomic E-state index is 12.7. The number of fused-ring (bicyclic) bond motifs is 1. The third-order valence-corrected chi connectivity index (χ3v) is 3.44. The lowest BCUT2D eigenvalue weighted by Gasteiger charge is -2.08. The molecule has 0 aliphatic carbocycles. The Morgan fingerprint density at radius 2 is 1.74 bits per heavy atom. The van der Waals surface area contributed by atoms with E-state index in [4.69, 9.17) is 4.74 Å². The first-order valence-electron chi connectivity index (χ1n) is 5.57. The van der Waals surface area contributed by atoms with Crippen LogP contribution in [-0.2, 0) is 0 Å². The van der Waals surface area contributed by atoms with Gasteiger partial charge in [0.15, 0.2) is 5.82 Å². The highest BCUT2D eigenvalue weighted by Crippen LogP contribution is 2.34. The van der Waals surface area contributed by atoms with Crippen molar-refractivity contribution in [3.05, 3.63) is 59.1 Å². The van der Waals surface area contributed by atoms with E-state index in [0.29, 0.717) is 5.75 Å². The average molecular weight is 319 g/mol. The van der Waals surface area contributed by atoms with E-state index in [-0.39, 0.29) is 6.01 Å². The highest BCUT2D eigenvalue weighted by atomic mass is 79.9. The zero-order valence-electron chi connectivity index (χ0n) is 9.68. The van der Waals surface area contributed by atoms with Crippen molar-refractivity contribution in [3.8, 4) is 11.8 Å². The average Bonchev–Trinajstić information content (AvgIpc) is 2.45. The number of rotatable bonds is 2. The Balaban J connectivity index is 2.01. The molecule has 0 aliphatic rings. The minimum atomic E-state index is -0.495. The monoisotopic (exact) mass is 318 g/mol. The van der Waals surface area contributed by atoms with E-state index in [1.165, 1.54) is 0 Å². The van der Waals surface area contributed by atoms with Gasteiger partial charge in [0.1, 0.15) is 5.75 Å². The Morgan fingerprint density at radius 3 is 2.53 bits per heavy atom. The van der Waals surface area contributed by atoms with Crippen LogP contribution in [0, 0.1) is 5.82 Å². The zero-order chi connectivity index (χ0) is 13.2. The molecule has 2 aromatic carbocycles. The van der Waals surface area contributed by atoms with Crippen molar-refractivity contribution in [2.24, 2.45) is 0 Å². The van der Waals surface area contributed by atoms with E-state index in [0.717, 1.165) is 27.6 Å². The second-order valence-corrected chi connectivity index (χ2v) is 4.68. The quantitative estimate of drug-likeness (QED) is 0.705. The fraction of sp³-hybridized carbons (Fsp3) is 0. The maximum Gasteiger partial charge on any atom is 0.322 e. The Bertz CT molecular complexity index is 731. The first-order chi connectivity index (χ1) is 9.24. The van der Waals surface area contributed by atoms with E-state index in [1.54, 1.807) is 0 Å². The minimum Gasteiger partial charge on any atom is -0.423 e. The molecule has 3 rings (SSSR count). The molecule has 0 N–H and O–H groups in total. The molecule has 0 fully saturated rings. The fourth-order valence-corrected chi connectivity index (χ4v) is 2.32. The molecule has 1 heterocycles. The van der Waals surface area contributed by atoms with Crippen LogP contribution in [0.1, 0.15) is 0 Å². The first-order valence-corrected chi connectivity index (χ1v) is 6.36. The zero-order valence-corrected chi connectivity index (χ0v) is 11.3. The van der Waals surface area contributed by atoms with Crippen molar-refractivity contribution in [3.63, 3.8) is 0 Å². The van der Waals surface area contributed by atoms with E-state index < -0.39 is 5.82 Å². The Labute approximate surface area is 117 Å². The molecule has 0 radical (unpaired) electrons. The summed E-state index contributed by atoms with van der Waals surface area (Å²) in [5, 5.41) is 2.13.